The van der Waals surface area contributed by atoms with Crippen LogP contribution in [0.1, 0.15) is 19.8 Å². The first-order valence-corrected chi connectivity index (χ1v) is 8.42. The second-order valence-electron chi connectivity index (χ2n) is 7.08. The van der Waals surface area contributed by atoms with Crippen LogP contribution in [0, 0.1) is 5.41 Å². The van der Waals surface area contributed by atoms with E-state index in [0.717, 1.165) is 42.7 Å². The van der Waals surface area contributed by atoms with Gasteiger partial charge in [0.15, 0.2) is 11.5 Å². The van der Waals surface area contributed by atoms with Gasteiger partial charge < -0.3 is 19.7 Å². The van der Waals surface area contributed by atoms with Crippen molar-refractivity contribution in [3.05, 3.63) is 18.5 Å². The maximum Gasteiger partial charge on any atom is 0.217 e. The van der Waals surface area contributed by atoms with E-state index in [-0.39, 0.29) is 5.91 Å². The number of hydrogen-bond donors (Lipinski definition) is 1. The smallest absolute Gasteiger partial charge is 0.217 e. The minimum atomic E-state index is 0.0545. The Hall–Kier alpha value is -2.57. The van der Waals surface area contributed by atoms with Gasteiger partial charge in [0.05, 0.1) is 19.7 Å². The number of hydrogen-bond acceptors (Lipinski definition) is 6. The molecule has 2 aliphatic rings. The molecule has 1 spiro atoms. The van der Waals surface area contributed by atoms with Crippen molar-refractivity contribution in [2.24, 2.45) is 5.41 Å². The van der Waals surface area contributed by atoms with E-state index in [0.29, 0.717) is 23.0 Å². The van der Waals surface area contributed by atoms with Crippen LogP contribution in [0.25, 0.3) is 10.9 Å². The Morgan fingerprint density at radius 2 is 1.88 bits per heavy atom. The molecule has 1 aromatic heterocycles. The number of anilines is 1. The highest BCUT2D eigenvalue weighted by atomic mass is 16.5. The highest BCUT2D eigenvalue weighted by Crippen LogP contribution is 2.50. The van der Waals surface area contributed by atoms with E-state index in [9.17, 15) is 4.79 Å². The second-order valence-corrected chi connectivity index (χ2v) is 7.08. The summed E-state index contributed by atoms with van der Waals surface area (Å²) in [4.78, 5) is 22.3. The van der Waals surface area contributed by atoms with Crippen LogP contribution in [0.15, 0.2) is 18.5 Å². The highest BCUT2D eigenvalue weighted by Gasteiger charge is 2.53. The number of benzene rings is 1. The number of methoxy groups -OCH3 is 2. The molecule has 1 aliphatic heterocycles. The molecule has 1 N–H and O–H groups in total. The molecule has 25 heavy (non-hydrogen) atoms. The average Bonchev–Trinajstić information content (AvgIpc) is 2.53. The predicted octanol–water partition coefficient (Wildman–Crippen LogP) is 1.75. The van der Waals surface area contributed by atoms with E-state index in [4.69, 9.17) is 9.47 Å². The molecular formula is C18H22N4O3. The molecule has 4 rings (SSSR count). The molecule has 1 amide bonds. The molecular weight excluding hydrogens is 320 g/mol. The largest absolute Gasteiger partial charge is 0.493 e. The molecule has 7 nitrogen and oxygen atoms in total. The van der Waals surface area contributed by atoms with Crippen molar-refractivity contribution in [1.82, 2.24) is 15.3 Å². The first kappa shape index (κ1) is 15.9. The Labute approximate surface area is 146 Å². The molecule has 0 unspecified atom stereocenters. The summed E-state index contributed by atoms with van der Waals surface area (Å²) in [5.41, 5.74) is 1.16. The molecule has 2 heterocycles. The number of ether oxygens (including phenoxy) is 2. The fourth-order valence-electron chi connectivity index (χ4n) is 4.17. The zero-order valence-corrected chi connectivity index (χ0v) is 14.7. The molecule has 1 saturated carbocycles. The highest BCUT2D eigenvalue weighted by molar-refractivity contribution is 5.92. The van der Waals surface area contributed by atoms with Gasteiger partial charge in [0, 0.05) is 42.9 Å². The van der Waals surface area contributed by atoms with E-state index in [1.807, 2.05) is 12.1 Å². The van der Waals surface area contributed by atoms with Gasteiger partial charge in [-0.05, 0) is 18.9 Å². The van der Waals surface area contributed by atoms with Gasteiger partial charge in [0.2, 0.25) is 5.91 Å². The summed E-state index contributed by atoms with van der Waals surface area (Å²) in [6.45, 7) is 3.50. The average molecular weight is 342 g/mol. The van der Waals surface area contributed by atoms with Crippen LogP contribution in [0.3, 0.4) is 0 Å². The van der Waals surface area contributed by atoms with E-state index >= 15 is 0 Å². The number of fused-ring (bicyclic) bond motifs is 1. The van der Waals surface area contributed by atoms with Gasteiger partial charge in [-0.2, -0.15) is 0 Å². The lowest BCUT2D eigenvalue weighted by Crippen LogP contribution is -2.66. The standard InChI is InChI=1S/C18H22N4O3/c1-11(23)21-12-6-18(7-12)8-22(9-18)17-13-4-15(24-2)16(25-3)5-14(13)19-10-20-17/h4-5,10,12H,6-9H2,1-3H3,(H,21,23). The first-order chi connectivity index (χ1) is 12.0. The number of carbonyl (C=O) groups is 1. The van der Waals surface area contributed by atoms with Crippen LogP contribution in [0.4, 0.5) is 5.82 Å². The third-order valence-electron chi connectivity index (χ3n) is 5.24. The van der Waals surface area contributed by atoms with Gasteiger partial charge in [0.25, 0.3) is 0 Å². The zero-order valence-electron chi connectivity index (χ0n) is 14.7. The number of amides is 1. The van der Waals surface area contributed by atoms with Crippen LogP contribution < -0.4 is 19.7 Å². The Balaban J connectivity index is 1.54. The lowest BCUT2D eigenvalue weighted by Gasteiger charge is -2.59. The van der Waals surface area contributed by atoms with Crippen molar-refractivity contribution in [2.75, 3.05) is 32.2 Å². The molecule has 0 bridgehead atoms. The summed E-state index contributed by atoms with van der Waals surface area (Å²) in [5.74, 6) is 2.32. The molecule has 132 valence electrons. The third kappa shape index (κ3) is 2.63. The summed E-state index contributed by atoms with van der Waals surface area (Å²) in [5, 5.41) is 3.97. The Bertz CT molecular complexity index is 824. The van der Waals surface area contributed by atoms with Gasteiger partial charge >= 0.3 is 0 Å². The van der Waals surface area contributed by atoms with Gasteiger partial charge in [-0.1, -0.05) is 0 Å². The third-order valence-corrected chi connectivity index (χ3v) is 5.24. The molecule has 2 aromatic rings. The fraction of sp³-hybridized carbons (Fsp3) is 0.500. The van der Waals surface area contributed by atoms with Gasteiger partial charge in [-0.15, -0.1) is 0 Å². The number of aromatic nitrogens is 2. The monoisotopic (exact) mass is 342 g/mol. The fourth-order valence-corrected chi connectivity index (χ4v) is 4.17. The Kier molecular flexibility index (Phi) is 3.67. The minimum Gasteiger partial charge on any atom is -0.493 e. The molecule has 7 heteroatoms. The maximum absolute atomic E-state index is 11.1. The molecule has 1 saturated heterocycles. The van der Waals surface area contributed by atoms with Crippen LogP contribution in [-0.2, 0) is 4.79 Å². The number of nitrogens with zero attached hydrogens (tertiary/aromatic N) is 3. The van der Waals surface area contributed by atoms with Crippen molar-refractivity contribution in [3.63, 3.8) is 0 Å². The number of carbonyl (C=O) groups excluding carboxylic acids is 1. The summed E-state index contributed by atoms with van der Waals surface area (Å²) in [7, 11) is 3.25. The van der Waals surface area contributed by atoms with Crippen molar-refractivity contribution < 1.29 is 14.3 Å². The number of nitrogens with one attached hydrogen (secondary N) is 1. The summed E-state index contributed by atoms with van der Waals surface area (Å²) in [6, 6.07) is 4.15. The lowest BCUT2D eigenvalue weighted by atomic mass is 9.60. The SMILES string of the molecule is COc1cc2ncnc(N3CC4(CC(NC(C)=O)C4)C3)c2cc1OC. The van der Waals surface area contributed by atoms with Crippen molar-refractivity contribution in [1.29, 1.82) is 0 Å². The van der Waals surface area contributed by atoms with Crippen LogP contribution in [0.2, 0.25) is 0 Å². The Morgan fingerprint density at radius 1 is 1.20 bits per heavy atom. The molecule has 1 aliphatic carbocycles. The van der Waals surface area contributed by atoms with Gasteiger partial charge in [-0.3, -0.25) is 4.79 Å². The topological polar surface area (TPSA) is 76.6 Å². The lowest BCUT2D eigenvalue weighted by molar-refractivity contribution is -0.121. The van der Waals surface area contributed by atoms with Crippen LogP contribution in [-0.4, -0.2) is 49.2 Å². The Morgan fingerprint density at radius 3 is 2.52 bits per heavy atom. The van der Waals surface area contributed by atoms with Crippen LogP contribution in [0.5, 0.6) is 11.5 Å². The van der Waals surface area contributed by atoms with Crippen molar-refractivity contribution in [2.45, 2.75) is 25.8 Å². The molecule has 0 atom stereocenters. The minimum absolute atomic E-state index is 0.0545. The maximum atomic E-state index is 11.1. The summed E-state index contributed by atoms with van der Waals surface area (Å²) < 4.78 is 10.8. The quantitative estimate of drug-likeness (QED) is 0.912. The predicted molar refractivity (Wildman–Crippen MR) is 94.1 cm³/mol. The van der Waals surface area contributed by atoms with E-state index in [1.165, 1.54) is 0 Å². The van der Waals surface area contributed by atoms with Gasteiger partial charge in [-0.25, -0.2) is 9.97 Å². The first-order valence-electron chi connectivity index (χ1n) is 8.42. The molecule has 2 fully saturated rings. The van der Waals surface area contributed by atoms with Crippen LogP contribution >= 0.6 is 0 Å². The number of rotatable bonds is 4. The van der Waals surface area contributed by atoms with E-state index < -0.39 is 0 Å². The molecule has 0 radical (unpaired) electrons. The van der Waals surface area contributed by atoms with Gasteiger partial charge in [0.1, 0.15) is 12.1 Å². The van der Waals surface area contributed by atoms with E-state index in [1.54, 1.807) is 27.5 Å². The van der Waals surface area contributed by atoms with Crippen molar-refractivity contribution in [3.8, 4) is 11.5 Å². The zero-order chi connectivity index (χ0) is 17.6. The molecule has 1 aromatic carbocycles. The second kappa shape index (κ2) is 5.75. The van der Waals surface area contributed by atoms with E-state index in [2.05, 4.69) is 20.2 Å². The summed E-state index contributed by atoms with van der Waals surface area (Å²) in [6.07, 6.45) is 3.68. The van der Waals surface area contributed by atoms with Crippen molar-refractivity contribution >= 4 is 22.6 Å². The normalized spacial score (nSPS) is 18.6. The summed E-state index contributed by atoms with van der Waals surface area (Å²) >= 11 is 0.